The number of hydrogen-bond donors (Lipinski definition) is 1. The van der Waals surface area contributed by atoms with Crippen molar-refractivity contribution >= 4 is 11.7 Å². The summed E-state index contributed by atoms with van der Waals surface area (Å²) >= 11 is 0. The smallest absolute Gasteiger partial charge is 0.230 e. The summed E-state index contributed by atoms with van der Waals surface area (Å²) in [6.45, 7) is 2.15. The van der Waals surface area contributed by atoms with Gasteiger partial charge in [0, 0.05) is 13.1 Å². The van der Waals surface area contributed by atoms with E-state index in [-0.39, 0.29) is 24.2 Å². The summed E-state index contributed by atoms with van der Waals surface area (Å²) in [5.41, 5.74) is 0. The highest BCUT2D eigenvalue weighted by Gasteiger charge is 2.28. The fourth-order valence-corrected chi connectivity index (χ4v) is 0.984. The van der Waals surface area contributed by atoms with Crippen LogP contribution in [0.4, 0.5) is 0 Å². The molecule has 1 fully saturated rings. The molecule has 1 rings (SSSR count). The van der Waals surface area contributed by atoms with E-state index in [9.17, 15) is 9.59 Å². The molecule has 4 heteroatoms. The molecule has 4 nitrogen and oxygen atoms in total. The number of carbonyl (C=O) groups excluding carboxylic acids is 2. The SMILES string of the molecule is CC(=O)CC(=O)N1CC(O)C1. The third kappa shape index (κ3) is 2.01. The van der Waals surface area contributed by atoms with Crippen molar-refractivity contribution in [3.05, 3.63) is 0 Å². The summed E-state index contributed by atoms with van der Waals surface area (Å²) in [5, 5.41) is 8.82. The van der Waals surface area contributed by atoms with E-state index in [0.717, 1.165) is 0 Å². The quantitative estimate of drug-likeness (QED) is 0.532. The molecule has 1 aliphatic heterocycles. The summed E-state index contributed by atoms with van der Waals surface area (Å²) < 4.78 is 0. The van der Waals surface area contributed by atoms with Crippen LogP contribution in [0.15, 0.2) is 0 Å². The van der Waals surface area contributed by atoms with Crippen molar-refractivity contribution in [2.75, 3.05) is 13.1 Å². The van der Waals surface area contributed by atoms with Crippen LogP contribution in [0, 0.1) is 0 Å². The minimum atomic E-state index is -0.383. The Morgan fingerprint density at radius 2 is 2.09 bits per heavy atom. The summed E-state index contributed by atoms with van der Waals surface area (Å²) in [4.78, 5) is 22.9. The topological polar surface area (TPSA) is 57.6 Å². The molecular formula is C7H11NO3. The number of aliphatic hydroxyl groups is 1. The van der Waals surface area contributed by atoms with Crippen LogP contribution in [0.3, 0.4) is 0 Å². The highest BCUT2D eigenvalue weighted by atomic mass is 16.3. The van der Waals surface area contributed by atoms with E-state index in [1.165, 1.54) is 11.8 Å². The Bertz CT molecular complexity index is 184. The Morgan fingerprint density at radius 1 is 1.55 bits per heavy atom. The van der Waals surface area contributed by atoms with Crippen LogP contribution in [0.25, 0.3) is 0 Å². The number of carbonyl (C=O) groups is 2. The average molecular weight is 157 g/mol. The molecule has 0 spiro atoms. The van der Waals surface area contributed by atoms with Gasteiger partial charge >= 0.3 is 0 Å². The third-order valence-corrected chi connectivity index (χ3v) is 1.62. The lowest BCUT2D eigenvalue weighted by molar-refractivity contribution is -0.143. The maximum atomic E-state index is 11.0. The van der Waals surface area contributed by atoms with Gasteiger partial charge in [-0.2, -0.15) is 0 Å². The van der Waals surface area contributed by atoms with E-state index in [4.69, 9.17) is 5.11 Å². The number of likely N-dealkylation sites (tertiary alicyclic amines) is 1. The van der Waals surface area contributed by atoms with E-state index in [1.54, 1.807) is 0 Å². The predicted molar refractivity (Wildman–Crippen MR) is 37.9 cm³/mol. The first-order chi connectivity index (χ1) is 5.09. The summed E-state index contributed by atoms with van der Waals surface area (Å²) in [6.07, 6.45) is -0.418. The molecule has 0 aromatic heterocycles. The maximum Gasteiger partial charge on any atom is 0.230 e. The fourth-order valence-electron chi connectivity index (χ4n) is 0.984. The number of nitrogens with zero attached hydrogens (tertiary/aromatic N) is 1. The zero-order chi connectivity index (χ0) is 8.43. The molecule has 0 bridgehead atoms. The first-order valence-corrected chi connectivity index (χ1v) is 3.55. The fraction of sp³-hybridized carbons (Fsp3) is 0.714. The molecule has 1 aliphatic rings. The molecule has 0 saturated carbocycles. The molecule has 62 valence electrons. The van der Waals surface area contributed by atoms with Gasteiger partial charge < -0.3 is 10.0 Å². The van der Waals surface area contributed by atoms with Crippen LogP contribution >= 0.6 is 0 Å². The van der Waals surface area contributed by atoms with Crippen LogP contribution in [0.1, 0.15) is 13.3 Å². The van der Waals surface area contributed by atoms with E-state index < -0.39 is 0 Å². The number of β-amino-alcohol motifs (C(OH)–C–C–N with tert-alkyl or cyclic N) is 1. The van der Waals surface area contributed by atoms with E-state index >= 15 is 0 Å². The van der Waals surface area contributed by atoms with Crippen molar-refractivity contribution < 1.29 is 14.7 Å². The van der Waals surface area contributed by atoms with Gasteiger partial charge in [-0.1, -0.05) is 0 Å². The number of hydrogen-bond acceptors (Lipinski definition) is 3. The van der Waals surface area contributed by atoms with Gasteiger partial charge in [0.05, 0.1) is 12.5 Å². The second-order valence-electron chi connectivity index (χ2n) is 2.83. The zero-order valence-electron chi connectivity index (χ0n) is 6.41. The standard InChI is InChI=1S/C7H11NO3/c1-5(9)2-7(11)8-3-6(10)4-8/h6,10H,2-4H2,1H3. The van der Waals surface area contributed by atoms with E-state index in [1.807, 2.05) is 0 Å². The van der Waals surface area contributed by atoms with Crippen molar-refractivity contribution in [3.63, 3.8) is 0 Å². The maximum absolute atomic E-state index is 11.0. The Kier molecular flexibility index (Phi) is 2.24. The van der Waals surface area contributed by atoms with E-state index in [0.29, 0.717) is 13.1 Å². The molecule has 0 unspecified atom stereocenters. The normalized spacial score (nSPS) is 17.8. The number of ketones is 1. The monoisotopic (exact) mass is 157 g/mol. The lowest BCUT2D eigenvalue weighted by Gasteiger charge is -2.35. The van der Waals surface area contributed by atoms with Gasteiger partial charge in [0.25, 0.3) is 0 Å². The molecule has 11 heavy (non-hydrogen) atoms. The minimum Gasteiger partial charge on any atom is -0.389 e. The van der Waals surface area contributed by atoms with Gasteiger partial charge in [-0.05, 0) is 6.92 Å². The van der Waals surface area contributed by atoms with Gasteiger partial charge in [0.1, 0.15) is 5.78 Å². The van der Waals surface area contributed by atoms with Gasteiger partial charge in [-0.25, -0.2) is 0 Å². The highest BCUT2D eigenvalue weighted by molar-refractivity contribution is 5.97. The predicted octanol–water partition coefficient (Wildman–Crippen LogP) is -0.831. The minimum absolute atomic E-state index is 0.0350. The van der Waals surface area contributed by atoms with Crippen LogP contribution in [-0.4, -0.2) is 40.9 Å². The van der Waals surface area contributed by atoms with Crippen LogP contribution < -0.4 is 0 Å². The van der Waals surface area contributed by atoms with Crippen molar-refractivity contribution in [3.8, 4) is 0 Å². The molecule has 0 aromatic rings. The Hall–Kier alpha value is -0.900. The summed E-state index contributed by atoms with van der Waals surface area (Å²) in [7, 11) is 0. The summed E-state index contributed by atoms with van der Waals surface area (Å²) in [6, 6.07) is 0. The molecular weight excluding hydrogens is 146 g/mol. The van der Waals surface area contributed by atoms with Crippen molar-refractivity contribution in [1.29, 1.82) is 0 Å². The molecule has 1 saturated heterocycles. The van der Waals surface area contributed by atoms with Crippen molar-refractivity contribution in [2.24, 2.45) is 0 Å². The second-order valence-corrected chi connectivity index (χ2v) is 2.83. The van der Waals surface area contributed by atoms with Crippen molar-refractivity contribution in [2.45, 2.75) is 19.4 Å². The molecule has 0 aliphatic carbocycles. The average Bonchev–Trinajstić information content (AvgIpc) is 1.79. The molecule has 1 amide bonds. The van der Waals surface area contributed by atoms with Gasteiger partial charge in [0.15, 0.2) is 0 Å². The largest absolute Gasteiger partial charge is 0.389 e. The van der Waals surface area contributed by atoms with E-state index in [2.05, 4.69) is 0 Å². The van der Waals surface area contributed by atoms with Gasteiger partial charge in [0.2, 0.25) is 5.91 Å². The second kappa shape index (κ2) is 3.00. The van der Waals surface area contributed by atoms with Gasteiger partial charge in [-0.15, -0.1) is 0 Å². The summed E-state index contributed by atoms with van der Waals surface area (Å²) in [5.74, 6) is -0.306. The Labute approximate surface area is 64.8 Å². The number of Topliss-reactive ketones (excluding diaryl/α,β-unsaturated/α-hetero) is 1. The lowest BCUT2D eigenvalue weighted by Crippen LogP contribution is -2.53. The first kappa shape index (κ1) is 8.20. The number of rotatable bonds is 2. The molecule has 0 atom stereocenters. The first-order valence-electron chi connectivity index (χ1n) is 3.55. The molecule has 1 heterocycles. The number of aliphatic hydroxyl groups excluding tert-OH is 1. The number of amides is 1. The Balaban J connectivity index is 2.27. The van der Waals surface area contributed by atoms with Crippen LogP contribution in [-0.2, 0) is 9.59 Å². The molecule has 1 N–H and O–H groups in total. The van der Waals surface area contributed by atoms with Crippen LogP contribution in [0.5, 0.6) is 0 Å². The molecule has 0 radical (unpaired) electrons. The van der Waals surface area contributed by atoms with Crippen molar-refractivity contribution in [1.82, 2.24) is 4.90 Å². The lowest BCUT2D eigenvalue weighted by atomic mass is 10.1. The van der Waals surface area contributed by atoms with Gasteiger partial charge in [-0.3, -0.25) is 9.59 Å². The Morgan fingerprint density at radius 3 is 2.45 bits per heavy atom. The van der Waals surface area contributed by atoms with Crippen LogP contribution in [0.2, 0.25) is 0 Å². The highest BCUT2D eigenvalue weighted by Crippen LogP contribution is 2.08. The molecule has 0 aromatic carbocycles. The zero-order valence-corrected chi connectivity index (χ0v) is 6.41. The third-order valence-electron chi connectivity index (χ3n) is 1.62.